The van der Waals surface area contributed by atoms with E-state index in [4.69, 9.17) is 11.6 Å². The van der Waals surface area contributed by atoms with Gasteiger partial charge in [0, 0.05) is 12.3 Å². The number of hydrogen-bond donors (Lipinski definition) is 0. The average Bonchev–Trinajstić information content (AvgIpc) is 2.14. The van der Waals surface area contributed by atoms with E-state index in [0.717, 1.165) is 0 Å². The third-order valence-corrected chi connectivity index (χ3v) is 3.98. The van der Waals surface area contributed by atoms with Gasteiger partial charge in [0.1, 0.15) is 0 Å². The SMILES string of the molecule is O=S(=O)(CCCCCl)CCC(F)(F)C(F)(F)F. The minimum absolute atomic E-state index is 0.156. The molecular formula is C8H12ClF5O2S. The fourth-order valence-electron chi connectivity index (χ4n) is 0.944. The Bertz CT molecular complexity index is 325. The van der Waals surface area contributed by atoms with E-state index in [1.807, 2.05) is 0 Å². The summed E-state index contributed by atoms with van der Waals surface area (Å²) < 4.78 is 82.4. The second kappa shape index (κ2) is 6.17. The van der Waals surface area contributed by atoms with E-state index < -0.39 is 39.9 Å². The lowest BCUT2D eigenvalue weighted by atomic mass is 10.2. The van der Waals surface area contributed by atoms with E-state index in [1.54, 1.807) is 0 Å². The lowest BCUT2D eigenvalue weighted by Gasteiger charge is -2.19. The monoisotopic (exact) mass is 302 g/mol. The third-order valence-electron chi connectivity index (χ3n) is 1.98. The zero-order valence-corrected chi connectivity index (χ0v) is 10.3. The van der Waals surface area contributed by atoms with Crippen LogP contribution in [0.2, 0.25) is 0 Å². The summed E-state index contributed by atoms with van der Waals surface area (Å²) in [5.41, 5.74) is 0. The molecule has 0 unspecified atom stereocenters. The van der Waals surface area contributed by atoms with Crippen molar-refractivity contribution < 1.29 is 30.4 Å². The van der Waals surface area contributed by atoms with E-state index >= 15 is 0 Å². The molecule has 0 aliphatic rings. The summed E-state index contributed by atoms with van der Waals surface area (Å²) in [5, 5.41) is 0. The molecular weight excluding hydrogens is 291 g/mol. The minimum atomic E-state index is -5.71. The van der Waals surface area contributed by atoms with Crippen molar-refractivity contribution in [2.75, 3.05) is 17.4 Å². The molecule has 0 fully saturated rings. The smallest absolute Gasteiger partial charge is 0.229 e. The second-order valence-corrected chi connectivity index (χ2v) is 6.18. The Labute approximate surface area is 101 Å². The Kier molecular flexibility index (Phi) is 6.13. The van der Waals surface area contributed by atoms with Crippen molar-refractivity contribution in [1.82, 2.24) is 0 Å². The zero-order valence-electron chi connectivity index (χ0n) is 8.74. The van der Waals surface area contributed by atoms with Gasteiger partial charge >= 0.3 is 12.1 Å². The van der Waals surface area contributed by atoms with E-state index in [9.17, 15) is 30.4 Å². The molecule has 0 rings (SSSR count). The van der Waals surface area contributed by atoms with Crippen molar-refractivity contribution in [3.05, 3.63) is 0 Å². The summed E-state index contributed by atoms with van der Waals surface area (Å²) >= 11 is 5.28. The van der Waals surface area contributed by atoms with Crippen molar-refractivity contribution in [2.45, 2.75) is 31.4 Å². The van der Waals surface area contributed by atoms with Crippen molar-refractivity contribution in [1.29, 1.82) is 0 Å². The van der Waals surface area contributed by atoms with Gasteiger partial charge in [-0.3, -0.25) is 0 Å². The molecule has 0 aliphatic heterocycles. The van der Waals surface area contributed by atoms with Crippen LogP contribution in [-0.2, 0) is 9.84 Å². The number of unbranched alkanes of at least 4 members (excludes halogenated alkanes) is 1. The van der Waals surface area contributed by atoms with Gasteiger partial charge in [-0.25, -0.2) is 8.42 Å². The molecule has 0 spiro atoms. The fraction of sp³-hybridized carbons (Fsp3) is 1.00. The summed E-state index contributed by atoms with van der Waals surface area (Å²) in [7, 11) is -3.89. The van der Waals surface area contributed by atoms with Gasteiger partial charge in [0.2, 0.25) is 0 Å². The van der Waals surface area contributed by atoms with E-state index in [0.29, 0.717) is 6.42 Å². The largest absolute Gasteiger partial charge is 0.453 e. The molecule has 0 saturated heterocycles. The number of sulfone groups is 1. The molecule has 0 aliphatic carbocycles. The maximum Gasteiger partial charge on any atom is 0.453 e. The lowest BCUT2D eigenvalue weighted by molar-refractivity contribution is -0.282. The van der Waals surface area contributed by atoms with Crippen LogP contribution in [0.4, 0.5) is 22.0 Å². The zero-order chi connectivity index (χ0) is 13.7. The van der Waals surface area contributed by atoms with Crippen LogP contribution in [0.25, 0.3) is 0 Å². The molecule has 17 heavy (non-hydrogen) atoms. The van der Waals surface area contributed by atoms with Crippen LogP contribution in [0.15, 0.2) is 0 Å². The highest BCUT2D eigenvalue weighted by atomic mass is 35.5. The van der Waals surface area contributed by atoms with Crippen LogP contribution in [0.1, 0.15) is 19.3 Å². The molecule has 0 heterocycles. The Hall–Kier alpha value is -0.110. The summed E-state index contributed by atoms with van der Waals surface area (Å²) in [4.78, 5) is 0. The van der Waals surface area contributed by atoms with Gasteiger partial charge in [0.25, 0.3) is 0 Å². The number of hydrogen-bond acceptors (Lipinski definition) is 2. The van der Waals surface area contributed by atoms with Gasteiger partial charge in [-0.2, -0.15) is 22.0 Å². The van der Waals surface area contributed by atoms with E-state index in [-0.39, 0.29) is 12.3 Å². The van der Waals surface area contributed by atoms with E-state index in [1.165, 1.54) is 0 Å². The molecule has 2 nitrogen and oxygen atoms in total. The van der Waals surface area contributed by atoms with Gasteiger partial charge in [-0.1, -0.05) is 0 Å². The average molecular weight is 303 g/mol. The van der Waals surface area contributed by atoms with Crippen molar-refractivity contribution in [3.63, 3.8) is 0 Å². The molecule has 9 heteroatoms. The predicted octanol–water partition coefficient (Wildman–Crippen LogP) is 3.01. The highest BCUT2D eigenvalue weighted by Gasteiger charge is 2.57. The third kappa shape index (κ3) is 6.40. The van der Waals surface area contributed by atoms with Crippen LogP contribution in [0, 0.1) is 0 Å². The molecule has 0 aromatic carbocycles. The number of rotatable bonds is 7. The van der Waals surface area contributed by atoms with Gasteiger partial charge < -0.3 is 0 Å². The van der Waals surface area contributed by atoms with Gasteiger partial charge in [-0.05, 0) is 12.8 Å². The summed E-state index contributed by atoms with van der Waals surface area (Å²) in [5.74, 6) is -6.35. The van der Waals surface area contributed by atoms with Crippen LogP contribution < -0.4 is 0 Å². The molecule has 0 N–H and O–H groups in total. The van der Waals surface area contributed by atoms with Crippen LogP contribution in [0.5, 0.6) is 0 Å². The maximum absolute atomic E-state index is 12.4. The Balaban J connectivity index is 4.28. The standard InChI is InChI=1S/C8H12ClF5O2S/c9-4-1-2-5-17(15,16)6-3-7(10,11)8(12,13)14/h1-6H2. The maximum atomic E-state index is 12.4. The molecule has 0 aromatic heterocycles. The minimum Gasteiger partial charge on any atom is -0.229 e. The molecule has 0 saturated carbocycles. The van der Waals surface area contributed by atoms with E-state index in [2.05, 4.69) is 0 Å². The normalized spacial score (nSPS) is 14.0. The van der Waals surface area contributed by atoms with Crippen LogP contribution >= 0.6 is 11.6 Å². The molecule has 0 aromatic rings. The number of alkyl halides is 6. The molecule has 0 amide bonds. The van der Waals surface area contributed by atoms with Crippen molar-refractivity contribution in [2.24, 2.45) is 0 Å². The van der Waals surface area contributed by atoms with Gasteiger partial charge in [0.05, 0.1) is 11.5 Å². The van der Waals surface area contributed by atoms with Crippen molar-refractivity contribution >= 4 is 21.4 Å². The summed E-state index contributed by atoms with van der Waals surface area (Å²) in [6, 6.07) is 0. The molecule has 0 bridgehead atoms. The Morgan fingerprint density at radius 2 is 1.47 bits per heavy atom. The molecule has 104 valence electrons. The highest BCUT2D eigenvalue weighted by molar-refractivity contribution is 7.91. The van der Waals surface area contributed by atoms with Gasteiger partial charge in [-0.15, -0.1) is 11.6 Å². The van der Waals surface area contributed by atoms with Crippen molar-refractivity contribution in [3.8, 4) is 0 Å². The second-order valence-electron chi connectivity index (χ2n) is 3.50. The van der Waals surface area contributed by atoms with Gasteiger partial charge in [0.15, 0.2) is 9.84 Å². The first-order chi connectivity index (χ1) is 7.52. The summed E-state index contributed by atoms with van der Waals surface area (Å²) in [6.45, 7) is 0. The first-order valence-electron chi connectivity index (χ1n) is 4.73. The quantitative estimate of drug-likeness (QED) is 0.411. The summed E-state index contributed by atoms with van der Waals surface area (Å²) in [6.07, 6.45) is -6.92. The predicted molar refractivity (Wildman–Crippen MR) is 54.2 cm³/mol. The Morgan fingerprint density at radius 1 is 0.941 bits per heavy atom. The molecule has 0 radical (unpaired) electrons. The highest BCUT2D eigenvalue weighted by Crippen LogP contribution is 2.38. The number of halogens is 6. The van der Waals surface area contributed by atoms with Crippen LogP contribution in [-0.4, -0.2) is 37.9 Å². The first-order valence-corrected chi connectivity index (χ1v) is 7.08. The fourth-order valence-corrected chi connectivity index (χ4v) is 2.55. The lowest BCUT2D eigenvalue weighted by Crippen LogP contribution is -2.38. The Morgan fingerprint density at radius 3 is 1.88 bits per heavy atom. The first kappa shape index (κ1) is 16.9. The molecule has 0 atom stereocenters. The van der Waals surface area contributed by atoms with Crippen LogP contribution in [0.3, 0.4) is 0 Å². The topological polar surface area (TPSA) is 34.1 Å².